The zero-order valence-corrected chi connectivity index (χ0v) is 16.7. The molecule has 0 saturated heterocycles. The van der Waals surface area contributed by atoms with Crippen LogP contribution in [0.1, 0.15) is 42.0 Å². The van der Waals surface area contributed by atoms with Crippen molar-refractivity contribution in [3.8, 4) is 5.75 Å². The summed E-state index contributed by atoms with van der Waals surface area (Å²) >= 11 is 0. The Morgan fingerprint density at radius 3 is 2.52 bits per heavy atom. The van der Waals surface area contributed by atoms with E-state index in [-0.39, 0.29) is 5.91 Å². The highest BCUT2D eigenvalue weighted by Crippen LogP contribution is 2.30. The molecule has 0 saturated carbocycles. The summed E-state index contributed by atoms with van der Waals surface area (Å²) in [6.07, 6.45) is 8.42. The molecule has 29 heavy (non-hydrogen) atoms. The Labute approximate surface area is 172 Å². The molecule has 0 radical (unpaired) electrons. The number of nitrogens with one attached hydrogen (secondary N) is 1. The fraction of sp³-hybridized carbons (Fsp3) is 0.280. The van der Waals surface area contributed by atoms with E-state index in [1.165, 1.54) is 35.1 Å². The molecule has 4 rings (SSSR count). The minimum Gasteiger partial charge on any atom is -0.481 e. The first-order valence-electron chi connectivity index (χ1n) is 10.2. The van der Waals surface area contributed by atoms with Gasteiger partial charge in [0.25, 0.3) is 5.91 Å². The molecule has 3 aromatic rings. The first kappa shape index (κ1) is 19.2. The Morgan fingerprint density at radius 2 is 1.72 bits per heavy atom. The van der Waals surface area contributed by atoms with Gasteiger partial charge in [0, 0.05) is 18.1 Å². The number of carbonyl (C=O) groups is 1. The molecule has 2 aromatic carbocycles. The van der Waals surface area contributed by atoms with Crippen LogP contribution in [0, 0.1) is 0 Å². The number of aromatic nitrogens is 1. The van der Waals surface area contributed by atoms with Gasteiger partial charge < -0.3 is 10.1 Å². The predicted octanol–water partition coefficient (Wildman–Crippen LogP) is 4.96. The summed E-state index contributed by atoms with van der Waals surface area (Å²) in [5.74, 6) is 0.706. The molecule has 0 fully saturated rings. The van der Waals surface area contributed by atoms with Crippen molar-refractivity contribution in [1.82, 2.24) is 4.98 Å². The van der Waals surface area contributed by atoms with Gasteiger partial charge in [0.05, 0.1) is 0 Å². The smallest absolute Gasteiger partial charge is 0.265 e. The van der Waals surface area contributed by atoms with Crippen molar-refractivity contribution in [2.45, 2.75) is 45.1 Å². The molecule has 0 bridgehead atoms. The van der Waals surface area contributed by atoms with Gasteiger partial charge in [-0.25, -0.2) is 0 Å². The highest BCUT2D eigenvalue weighted by Gasteiger charge is 2.19. The van der Waals surface area contributed by atoms with Crippen molar-refractivity contribution in [1.29, 1.82) is 0 Å². The summed E-state index contributed by atoms with van der Waals surface area (Å²) < 4.78 is 6.03. The quantitative estimate of drug-likeness (QED) is 0.652. The summed E-state index contributed by atoms with van der Waals surface area (Å²) in [7, 11) is 0. The lowest BCUT2D eigenvalue weighted by Gasteiger charge is -2.22. The van der Waals surface area contributed by atoms with Crippen molar-refractivity contribution in [2.75, 3.05) is 5.32 Å². The van der Waals surface area contributed by atoms with Crippen LogP contribution in [0.15, 0.2) is 67.0 Å². The van der Waals surface area contributed by atoms with Crippen LogP contribution in [-0.4, -0.2) is 17.0 Å². The SMILES string of the molecule is C[C@H](Oc1cccc2c1CCCC2)C(=O)Nc1ccc(Cc2ccncc2)cc1. The highest BCUT2D eigenvalue weighted by atomic mass is 16.5. The van der Waals surface area contributed by atoms with Crippen LogP contribution in [0.4, 0.5) is 5.69 Å². The van der Waals surface area contributed by atoms with Crippen LogP contribution in [0.3, 0.4) is 0 Å². The van der Waals surface area contributed by atoms with E-state index in [9.17, 15) is 4.79 Å². The maximum absolute atomic E-state index is 12.6. The third-order valence-electron chi connectivity index (χ3n) is 5.40. The highest BCUT2D eigenvalue weighted by molar-refractivity contribution is 5.94. The minimum atomic E-state index is -0.556. The van der Waals surface area contributed by atoms with E-state index in [1.54, 1.807) is 19.3 Å². The number of fused-ring (bicyclic) bond motifs is 1. The summed E-state index contributed by atoms with van der Waals surface area (Å²) in [5, 5.41) is 2.96. The molecule has 4 nitrogen and oxygen atoms in total. The van der Waals surface area contributed by atoms with Gasteiger partial charge in [-0.1, -0.05) is 24.3 Å². The van der Waals surface area contributed by atoms with Gasteiger partial charge in [-0.15, -0.1) is 0 Å². The van der Waals surface area contributed by atoms with Crippen LogP contribution < -0.4 is 10.1 Å². The number of hydrogen-bond acceptors (Lipinski definition) is 3. The normalized spacial score (nSPS) is 14.0. The van der Waals surface area contributed by atoms with Crippen LogP contribution in [-0.2, 0) is 24.1 Å². The lowest BCUT2D eigenvalue weighted by molar-refractivity contribution is -0.122. The second-order valence-corrected chi connectivity index (χ2v) is 7.58. The molecule has 1 amide bonds. The lowest BCUT2D eigenvalue weighted by Crippen LogP contribution is -2.30. The molecule has 1 atom stereocenters. The molecule has 1 N–H and O–H groups in total. The van der Waals surface area contributed by atoms with E-state index >= 15 is 0 Å². The molecule has 1 aliphatic carbocycles. The zero-order valence-electron chi connectivity index (χ0n) is 16.7. The van der Waals surface area contributed by atoms with Crippen LogP contribution in [0.5, 0.6) is 5.75 Å². The summed E-state index contributed by atoms with van der Waals surface area (Å²) in [6, 6.07) is 18.1. The van der Waals surface area contributed by atoms with Gasteiger partial charge in [0.15, 0.2) is 6.10 Å². The molecule has 0 aliphatic heterocycles. The maximum Gasteiger partial charge on any atom is 0.265 e. The molecular weight excluding hydrogens is 360 g/mol. The first-order chi connectivity index (χ1) is 14.2. The third kappa shape index (κ3) is 4.83. The standard InChI is InChI=1S/C25H26N2O2/c1-18(29-24-8-4-6-21-5-2-3-7-23(21)24)25(28)27-22-11-9-19(10-12-22)17-20-13-15-26-16-14-20/h4,6,8-16,18H,2-3,5,7,17H2,1H3,(H,27,28)/t18-/m0/s1. The second kappa shape index (κ2) is 8.91. The van der Waals surface area contributed by atoms with E-state index in [1.807, 2.05) is 48.5 Å². The molecule has 0 spiro atoms. The molecule has 0 unspecified atom stereocenters. The Morgan fingerprint density at radius 1 is 1.00 bits per heavy atom. The van der Waals surface area contributed by atoms with Gasteiger partial charge in [0.2, 0.25) is 0 Å². The monoisotopic (exact) mass is 386 g/mol. The summed E-state index contributed by atoms with van der Waals surface area (Å²) in [6.45, 7) is 1.80. The Balaban J connectivity index is 1.36. The number of aryl methyl sites for hydroxylation is 1. The third-order valence-corrected chi connectivity index (χ3v) is 5.40. The average Bonchev–Trinajstić information content (AvgIpc) is 2.76. The number of pyridine rings is 1. The number of nitrogens with zero attached hydrogens (tertiary/aromatic N) is 1. The molecule has 148 valence electrons. The number of carbonyl (C=O) groups excluding carboxylic acids is 1. The average molecular weight is 386 g/mol. The van der Waals surface area contributed by atoms with Gasteiger partial charge in [0.1, 0.15) is 5.75 Å². The summed E-state index contributed by atoms with van der Waals surface area (Å²) in [5.41, 5.74) is 5.79. The Bertz CT molecular complexity index is 968. The predicted molar refractivity (Wildman–Crippen MR) is 115 cm³/mol. The lowest BCUT2D eigenvalue weighted by atomic mass is 9.91. The fourth-order valence-electron chi connectivity index (χ4n) is 3.79. The van der Waals surface area contributed by atoms with E-state index < -0.39 is 6.10 Å². The topological polar surface area (TPSA) is 51.2 Å². The number of amides is 1. The first-order valence-corrected chi connectivity index (χ1v) is 10.2. The minimum absolute atomic E-state index is 0.139. The molecule has 4 heteroatoms. The fourth-order valence-corrected chi connectivity index (χ4v) is 3.79. The van der Waals surface area contributed by atoms with Gasteiger partial charge >= 0.3 is 0 Å². The van der Waals surface area contributed by atoms with Gasteiger partial charge in [-0.05, 0) is 91.6 Å². The van der Waals surface area contributed by atoms with E-state index in [4.69, 9.17) is 4.74 Å². The van der Waals surface area contributed by atoms with Crippen molar-refractivity contribution in [2.24, 2.45) is 0 Å². The molecule has 1 aliphatic rings. The van der Waals surface area contributed by atoms with Gasteiger partial charge in [-0.2, -0.15) is 0 Å². The second-order valence-electron chi connectivity index (χ2n) is 7.58. The Kier molecular flexibility index (Phi) is 5.89. The maximum atomic E-state index is 12.6. The number of anilines is 1. The summed E-state index contributed by atoms with van der Waals surface area (Å²) in [4.78, 5) is 16.7. The van der Waals surface area contributed by atoms with Crippen LogP contribution >= 0.6 is 0 Å². The van der Waals surface area contributed by atoms with Crippen molar-refractivity contribution < 1.29 is 9.53 Å². The number of ether oxygens (including phenoxy) is 1. The van der Waals surface area contributed by atoms with Crippen molar-refractivity contribution >= 4 is 11.6 Å². The number of hydrogen-bond donors (Lipinski definition) is 1. The van der Waals surface area contributed by atoms with Crippen molar-refractivity contribution in [3.63, 3.8) is 0 Å². The zero-order chi connectivity index (χ0) is 20.1. The molecule has 1 heterocycles. The van der Waals surface area contributed by atoms with Gasteiger partial charge in [-0.3, -0.25) is 9.78 Å². The van der Waals surface area contributed by atoms with E-state index in [2.05, 4.69) is 16.4 Å². The van der Waals surface area contributed by atoms with E-state index in [0.717, 1.165) is 30.7 Å². The van der Waals surface area contributed by atoms with Crippen LogP contribution in [0.25, 0.3) is 0 Å². The molecular formula is C25H26N2O2. The van der Waals surface area contributed by atoms with Crippen LogP contribution in [0.2, 0.25) is 0 Å². The number of benzene rings is 2. The number of rotatable bonds is 6. The Hall–Kier alpha value is -3.14. The molecule has 1 aromatic heterocycles. The van der Waals surface area contributed by atoms with Crippen molar-refractivity contribution in [3.05, 3.63) is 89.2 Å². The largest absolute Gasteiger partial charge is 0.481 e. The van der Waals surface area contributed by atoms with E-state index in [0.29, 0.717) is 0 Å².